The van der Waals surface area contributed by atoms with Gasteiger partial charge in [-0.15, -0.1) is 5.10 Å². The SMILES string of the molecule is Cn1cc(C(=O)N2CC(n3cc(C(N)=O)nn3)C2)c(C2CCCCC2)n1. The Hall–Kier alpha value is -2.71. The van der Waals surface area contributed by atoms with Crippen LogP contribution in [-0.4, -0.2) is 54.6 Å². The number of likely N-dealkylation sites (tertiary alicyclic amines) is 1. The van der Waals surface area contributed by atoms with Gasteiger partial charge in [-0.3, -0.25) is 14.3 Å². The Labute approximate surface area is 151 Å². The zero-order chi connectivity index (χ0) is 18.3. The van der Waals surface area contributed by atoms with E-state index in [1.807, 2.05) is 13.2 Å². The monoisotopic (exact) mass is 357 g/mol. The van der Waals surface area contributed by atoms with Crippen molar-refractivity contribution in [1.82, 2.24) is 29.7 Å². The molecule has 1 aliphatic carbocycles. The summed E-state index contributed by atoms with van der Waals surface area (Å²) in [6, 6.07) is 0.0225. The molecular weight excluding hydrogens is 334 g/mol. The highest BCUT2D eigenvalue weighted by molar-refractivity contribution is 5.96. The van der Waals surface area contributed by atoms with Crippen molar-refractivity contribution in [2.75, 3.05) is 13.1 Å². The van der Waals surface area contributed by atoms with Gasteiger partial charge in [0.05, 0.1) is 23.5 Å². The Morgan fingerprint density at radius 2 is 1.88 bits per heavy atom. The maximum Gasteiger partial charge on any atom is 0.270 e. The Morgan fingerprint density at radius 3 is 2.54 bits per heavy atom. The fourth-order valence-electron chi connectivity index (χ4n) is 3.87. The molecule has 26 heavy (non-hydrogen) atoms. The van der Waals surface area contributed by atoms with Crippen molar-refractivity contribution in [2.45, 2.75) is 44.1 Å². The van der Waals surface area contributed by atoms with E-state index >= 15 is 0 Å². The quantitative estimate of drug-likeness (QED) is 0.872. The number of nitrogens with two attached hydrogens (primary N) is 1. The standard InChI is InChI=1S/C17H23N7O2/c1-22-9-13(15(20-22)11-5-3-2-4-6-11)17(26)23-7-12(8-23)24-10-14(16(18)25)19-21-24/h9-12H,2-8H2,1H3,(H2,18,25). The first-order chi connectivity index (χ1) is 12.5. The van der Waals surface area contributed by atoms with Crippen LogP contribution in [0.15, 0.2) is 12.4 Å². The van der Waals surface area contributed by atoms with E-state index in [-0.39, 0.29) is 17.6 Å². The molecular formula is C17H23N7O2. The summed E-state index contributed by atoms with van der Waals surface area (Å²) in [7, 11) is 1.86. The molecule has 0 aromatic carbocycles. The molecule has 1 aliphatic heterocycles. The van der Waals surface area contributed by atoms with Gasteiger partial charge < -0.3 is 10.6 Å². The first-order valence-electron chi connectivity index (χ1n) is 9.07. The predicted octanol–water partition coefficient (Wildman–Crippen LogP) is 0.855. The van der Waals surface area contributed by atoms with Gasteiger partial charge in [-0.1, -0.05) is 24.5 Å². The van der Waals surface area contributed by atoms with E-state index in [2.05, 4.69) is 15.4 Å². The van der Waals surface area contributed by atoms with Crippen LogP contribution in [0.5, 0.6) is 0 Å². The molecule has 3 heterocycles. The lowest BCUT2D eigenvalue weighted by Crippen LogP contribution is -2.51. The van der Waals surface area contributed by atoms with Crippen molar-refractivity contribution in [3.05, 3.63) is 29.3 Å². The first-order valence-corrected chi connectivity index (χ1v) is 9.07. The molecule has 2 aromatic rings. The maximum absolute atomic E-state index is 12.9. The highest BCUT2D eigenvalue weighted by atomic mass is 16.2. The average molecular weight is 357 g/mol. The van der Waals surface area contributed by atoms with Crippen molar-refractivity contribution < 1.29 is 9.59 Å². The number of amides is 2. The summed E-state index contributed by atoms with van der Waals surface area (Å²) in [5.74, 6) is -0.199. The van der Waals surface area contributed by atoms with Gasteiger partial charge in [0.2, 0.25) is 0 Å². The van der Waals surface area contributed by atoms with Gasteiger partial charge in [0.1, 0.15) is 0 Å². The summed E-state index contributed by atoms with van der Waals surface area (Å²) in [6.45, 7) is 1.08. The van der Waals surface area contributed by atoms with E-state index in [0.29, 0.717) is 24.6 Å². The molecule has 2 aliphatic rings. The fourth-order valence-corrected chi connectivity index (χ4v) is 3.87. The molecule has 1 saturated heterocycles. The largest absolute Gasteiger partial charge is 0.364 e. The lowest BCUT2D eigenvalue weighted by atomic mass is 9.85. The molecule has 2 fully saturated rings. The van der Waals surface area contributed by atoms with Crippen LogP contribution in [0.25, 0.3) is 0 Å². The number of primary amides is 1. The third-order valence-corrected chi connectivity index (χ3v) is 5.37. The Kier molecular flexibility index (Phi) is 4.21. The summed E-state index contributed by atoms with van der Waals surface area (Å²) in [4.78, 5) is 25.9. The van der Waals surface area contributed by atoms with E-state index in [4.69, 9.17) is 5.73 Å². The van der Waals surface area contributed by atoms with Gasteiger partial charge >= 0.3 is 0 Å². The molecule has 0 spiro atoms. The minimum atomic E-state index is -0.601. The second-order valence-corrected chi connectivity index (χ2v) is 7.25. The normalized spacial score (nSPS) is 18.7. The van der Waals surface area contributed by atoms with E-state index in [1.165, 1.54) is 25.5 Å². The maximum atomic E-state index is 12.9. The number of aryl methyl sites for hydroxylation is 1. The highest BCUT2D eigenvalue weighted by Gasteiger charge is 2.36. The first kappa shape index (κ1) is 16.7. The summed E-state index contributed by atoms with van der Waals surface area (Å²) in [5, 5.41) is 12.3. The number of carbonyl (C=O) groups excluding carboxylic acids is 2. The lowest BCUT2D eigenvalue weighted by molar-refractivity contribution is 0.0496. The number of carbonyl (C=O) groups is 2. The van der Waals surface area contributed by atoms with Crippen molar-refractivity contribution in [1.29, 1.82) is 0 Å². The Bertz CT molecular complexity index is 828. The summed E-state index contributed by atoms with van der Waals surface area (Å²) in [6.07, 6.45) is 9.26. The smallest absolute Gasteiger partial charge is 0.270 e. The van der Waals surface area contributed by atoms with Crippen LogP contribution in [0.3, 0.4) is 0 Å². The van der Waals surface area contributed by atoms with Gasteiger partial charge in [-0.2, -0.15) is 5.10 Å². The molecule has 4 rings (SSSR count). The third-order valence-electron chi connectivity index (χ3n) is 5.37. The van der Waals surface area contributed by atoms with Crippen molar-refractivity contribution in [3.8, 4) is 0 Å². The predicted molar refractivity (Wildman–Crippen MR) is 92.5 cm³/mol. The van der Waals surface area contributed by atoms with Crippen LogP contribution in [0.2, 0.25) is 0 Å². The topological polar surface area (TPSA) is 112 Å². The lowest BCUT2D eigenvalue weighted by Gasteiger charge is -2.39. The Balaban J connectivity index is 1.45. The second kappa shape index (κ2) is 6.54. The molecule has 138 valence electrons. The van der Waals surface area contributed by atoms with E-state index < -0.39 is 5.91 Å². The second-order valence-electron chi connectivity index (χ2n) is 7.25. The molecule has 2 N–H and O–H groups in total. The molecule has 0 atom stereocenters. The number of aromatic nitrogens is 5. The zero-order valence-corrected chi connectivity index (χ0v) is 14.8. The van der Waals surface area contributed by atoms with E-state index in [1.54, 1.807) is 14.3 Å². The van der Waals surface area contributed by atoms with Crippen LogP contribution in [0.1, 0.15) is 70.6 Å². The molecule has 0 unspecified atom stereocenters. The molecule has 9 nitrogen and oxygen atoms in total. The van der Waals surface area contributed by atoms with Crippen LogP contribution in [0.4, 0.5) is 0 Å². The van der Waals surface area contributed by atoms with Gasteiger partial charge in [0, 0.05) is 32.3 Å². The molecule has 2 amide bonds. The zero-order valence-electron chi connectivity index (χ0n) is 14.8. The number of hydrogen-bond acceptors (Lipinski definition) is 5. The molecule has 1 saturated carbocycles. The van der Waals surface area contributed by atoms with Crippen LogP contribution in [-0.2, 0) is 7.05 Å². The van der Waals surface area contributed by atoms with Crippen LogP contribution < -0.4 is 5.73 Å². The fraction of sp³-hybridized carbons (Fsp3) is 0.588. The van der Waals surface area contributed by atoms with Gasteiger partial charge in [-0.25, -0.2) is 4.68 Å². The van der Waals surface area contributed by atoms with Crippen molar-refractivity contribution >= 4 is 11.8 Å². The van der Waals surface area contributed by atoms with Crippen molar-refractivity contribution in [3.63, 3.8) is 0 Å². The highest BCUT2D eigenvalue weighted by Crippen LogP contribution is 2.34. The van der Waals surface area contributed by atoms with Gasteiger partial charge in [0.15, 0.2) is 5.69 Å². The number of rotatable bonds is 4. The van der Waals surface area contributed by atoms with E-state index in [9.17, 15) is 9.59 Å². The number of nitrogens with zero attached hydrogens (tertiary/aromatic N) is 6. The van der Waals surface area contributed by atoms with Gasteiger partial charge in [-0.05, 0) is 12.8 Å². The molecule has 0 bridgehead atoms. The minimum Gasteiger partial charge on any atom is -0.364 e. The summed E-state index contributed by atoms with van der Waals surface area (Å²) in [5.41, 5.74) is 7.00. The van der Waals surface area contributed by atoms with Crippen LogP contribution in [0, 0.1) is 0 Å². The molecule has 0 radical (unpaired) electrons. The van der Waals surface area contributed by atoms with Gasteiger partial charge in [0.25, 0.3) is 11.8 Å². The average Bonchev–Trinajstić information content (AvgIpc) is 3.21. The van der Waals surface area contributed by atoms with Crippen molar-refractivity contribution in [2.24, 2.45) is 12.8 Å². The molecule has 2 aromatic heterocycles. The molecule has 9 heteroatoms. The minimum absolute atomic E-state index is 0.0187. The number of hydrogen-bond donors (Lipinski definition) is 1. The van der Waals surface area contributed by atoms with E-state index in [0.717, 1.165) is 18.5 Å². The summed E-state index contributed by atoms with van der Waals surface area (Å²) >= 11 is 0. The van der Waals surface area contributed by atoms with Crippen LogP contribution >= 0.6 is 0 Å². The Morgan fingerprint density at radius 1 is 1.15 bits per heavy atom. The third kappa shape index (κ3) is 2.97. The summed E-state index contributed by atoms with van der Waals surface area (Å²) < 4.78 is 3.35.